The van der Waals surface area contributed by atoms with Gasteiger partial charge in [0, 0.05) is 13.0 Å². The van der Waals surface area contributed by atoms with Gasteiger partial charge in [0.2, 0.25) is 0 Å². The molecular formula is C13H20N2O4. The Morgan fingerprint density at radius 1 is 1.26 bits per heavy atom. The standard InChI is InChI=1S/C13H20N2O4/c1-2-7-14-13(18)15-11(16)9-19-12(17)8-10-5-3-4-6-10/h2,10H,1,3-9H2,(H2,14,15,16,18). The molecule has 1 fully saturated rings. The van der Waals surface area contributed by atoms with E-state index in [1.807, 2.05) is 5.32 Å². The Kier molecular flexibility index (Phi) is 6.63. The number of nitrogens with one attached hydrogen (secondary N) is 2. The zero-order chi connectivity index (χ0) is 14.1. The fourth-order valence-electron chi connectivity index (χ4n) is 2.03. The lowest BCUT2D eigenvalue weighted by atomic mass is 10.1. The van der Waals surface area contributed by atoms with Crippen molar-refractivity contribution < 1.29 is 19.1 Å². The number of amides is 3. The van der Waals surface area contributed by atoms with Gasteiger partial charge < -0.3 is 10.1 Å². The smallest absolute Gasteiger partial charge is 0.321 e. The first-order valence-corrected chi connectivity index (χ1v) is 6.46. The molecule has 1 aliphatic rings. The van der Waals surface area contributed by atoms with Gasteiger partial charge in [0.05, 0.1) is 0 Å². The largest absolute Gasteiger partial charge is 0.456 e. The van der Waals surface area contributed by atoms with Gasteiger partial charge in [-0.05, 0) is 18.8 Å². The van der Waals surface area contributed by atoms with Crippen molar-refractivity contribution in [3.8, 4) is 0 Å². The summed E-state index contributed by atoms with van der Waals surface area (Å²) in [5, 5.41) is 4.43. The van der Waals surface area contributed by atoms with E-state index >= 15 is 0 Å². The molecule has 0 saturated heterocycles. The van der Waals surface area contributed by atoms with Gasteiger partial charge in [0.25, 0.3) is 5.91 Å². The van der Waals surface area contributed by atoms with E-state index in [9.17, 15) is 14.4 Å². The highest BCUT2D eigenvalue weighted by Crippen LogP contribution is 2.27. The number of hydrogen-bond acceptors (Lipinski definition) is 4. The van der Waals surface area contributed by atoms with Crippen molar-refractivity contribution in [3.63, 3.8) is 0 Å². The van der Waals surface area contributed by atoms with Gasteiger partial charge in [0.1, 0.15) is 0 Å². The number of hydrogen-bond donors (Lipinski definition) is 2. The first-order chi connectivity index (χ1) is 9.11. The highest BCUT2D eigenvalue weighted by molar-refractivity contribution is 5.95. The molecule has 0 aromatic carbocycles. The van der Waals surface area contributed by atoms with Gasteiger partial charge in [0.15, 0.2) is 6.61 Å². The SMILES string of the molecule is C=CCNC(=O)NC(=O)COC(=O)CC1CCCC1. The molecule has 106 valence electrons. The van der Waals surface area contributed by atoms with Crippen LogP contribution < -0.4 is 10.6 Å². The number of esters is 1. The summed E-state index contributed by atoms with van der Waals surface area (Å²) in [6.45, 7) is 3.26. The van der Waals surface area contributed by atoms with Gasteiger partial charge in [-0.15, -0.1) is 6.58 Å². The minimum absolute atomic E-state index is 0.264. The molecule has 0 heterocycles. The maximum atomic E-state index is 11.4. The number of rotatable bonds is 6. The normalized spacial score (nSPS) is 14.7. The van der Waals surface area contributed by atoms with Gasteiger partial charge in [-0.2, -0.15) is 0 Å². The van der Waals surface area contributed by atoms with Crippen LogP contribution in [-0.2, 0) is 14.3 Å². The molecule has 0 atom stereocenters. The lowest BCUT2D eigenvalue weighted by Crippen LogP contribution is -2.41. The zero-order valence-electron chi connectivity index (χ0n) is 10.9. The van der Waals surface area contributed by atoms with Crippen LogP contribution in [0, 0.1) is 5.92 Å². The van der Waals surface area contributed by atoms with Crippen LogP contribution in [0.25, 0.3) is 0 Å². The van der Waals surface area contributed by atoms with E-state index in [4.69, 9.17) is 4.74 Å². The third kappa shape index (κ3) is 6.59. The van der Waals surface area contributed by atoms with Crippen LogP contribution in [0.2, 0.25) is 0 Å². The fourth-order valence-corrected chi connectivity index (χ4v) is 2.03. The molecule has 6 heteroatoms. The first kappa shape index (κ1) is 15.2. The molecule has 0 spiro atoms. The molecule has 2 N–H and O–H groups in total. The monoisotopic (exact) mass is 268 g/mol. The molecule has 6 nitrogen and oxygen atoms in total. The Morgan fingerprint density at radius 2 is 1.95 bits per heavy atom. The maximum Gasteiger partial charge on any atom is 0.321 e. The Morgan fingerprint density at radius 3 is 2.58 bits per heavy atom. The van der Waals surface area contributed by atoms with Crippen LogP contribution in [-0.4, -0.2) is 31.1 Å². The third-order valence-electron chi connectivity index (χ3n) is 2.95. The summed E-state index contributed by atoms with van der Waals surface area (Å²) in [6.07, 6.45) is 6.25. The Balaban J connectivity index is 2.12. The summed E-state index contributed by atoms with van der Waals surface area (Å²) in [5.74, 6) is -0.638. The van der Waals surface area contributed by atoms with Gasteiger partial charge >= 0.3 is 12.0 Å². The number of ether oxygens (including phenoxy) is 1. The average molecular weight is 268 g/mol. The third-order valence-corrected chi connectivity index (χ3v) is 2.95. The van der Waals surface area contributed by atoms with E-state index in [1.165, 1.54) is 6.08 Å². The Labute approximate surface area is 112 Å². The van der Waals surface area contributed by atoms with Crippen molar-refractivity contribution in [2.75, 3.05) is 13.2 Å². The quantitative estimate of drug-likeness (QED) is 0.558. The zero-order valence-corrected chi connectivity index (χ0v) is 10.9. The summed E-state index contributed by atoms with van der Waals surface area (Å²) in [6, 6.07) is -0.628. The molecule has 0 aliphatic heterocycles. The van der Waals surface area contributed by atoms with Crippen LogP contribution in [0.15, 0.2) is 12.7 Å². The van der Waals surface area contributed by atoms with E-state index < -0.39 is 18.5 Å². The summed E-state index contributed by atoms with van der Waals surface area (Å²) < 4.78 is 4.82. The van der Waals surface area contributed by atoms with Crippen LogP contribution in [0.5, 0.6) is 0 Å². The van der Waals surface area contributed by atoms with E-state index in [-0.39, 0.29) is 12.5 Å². The molecular weight excluding hydrogens is 248 g/mol. The van der Waals surface area contributed by atoms with Gasteiger partial charge in [-0.3, -0.25) is 14.9 Å². The second kappa shape index (κ2) is 8.29. The minimum Gasteiger partial charge on any atom is -0.456 e. The lowest BCUT2D eigenvalue weighted by molar-refractivity contribution is -0.149. The molecule has 0 aromatic rings. The predicted octanol–water partition coefficient (Wildman–Crippen LogP) is 1.12. The Hall–Kier alpha value is -1.85. The van der Waals surface area contributed by atoms with Gasteiger partial charge in [-0.1, -0.05) is 18.9 Å². The van der Waals surface area contributed by atoms with Crippen LogP contribution >= 0.6 is 0 Å². The van der Waals surface area contributed by atoms with Gasteiger partial charge in [-0.25, -0.2) is 4.79 Å². The summed E-state index contributed by atoms with van der Waals surface area (Å²) >= 11 is 0. The molecule has 0 radical (unpaired) electrons. The molecule has 0 unspecified atom stereocenters. The molecule has 19 heavy (non-hydrogen) atoms. The van der Waals surface area contributed by atoms with Crippen molar-refractivity contribution >= 4 is 17.9 Å². The molecule has 1 aliphatic carbocycles. The number of carbonyl (C=O) groups excluding carboxylic acids is 3. The minimum atomic E-state index is -0.638. The summed E-state index contributed by atoms with van der Waals surface area (Å²) in [4.78, 5) is 33.8. The van der Waals surface area contributed by atoms with Crippen LogP contribution in [0.1, 0.15) is 32.1 Å². The van der Waals surface area contributed by atoms with E-state index in [0.29, 0.717) is 12.3 Å². The van der Waals surface area contributed by atoms with Crippen molar-refractivity contribution in [3.05, 3.63) is 12.7 Å². The van der Waals surface area contributed by atoms with Crippen LogP contribution in [0.3, 0.4) is 0 Å². The first-order valence-electron chi connectivity index (χ1n) is 6.46. The highest BCUT2D eigenvalue weighted by atomic mass is 16.5. The van der Waals surface area contributed by atoms with Crippen molar-refractivity contribution in [1.82, 2.24) is 10.6 Å². The number of urea groups is 1. The molecule has 1 rings (SSSR count). The summed E-state index contributed by atoms with van der Waals surface area (Å²) in [7, 11) is 0. The lowest BCUT2D eigenvalue weighted by Gasteiger charge is -2.09. The van der Waals surface area contributed by atoms with E-state index in [2.05, 4.69) is 11.9 Å². The van der Waals surface area contributed by atoms with Crippen LogP contribution in [0.4, 0.5) is 4.79 Å². The average Bonchev–Trinajstić information content (AvgIpc) is 2.86. The van der Waals surface area contributed by atoms with E-state index in [1.54, 1.807) is 0 Å². The van der Waals surface area contributed by atoms with Crippen molar-refractivity contribution in [2.45, 2.75) is 32.1 Å². The maximum absolute atomic E-state index is 11.4. The second-order valence-corrected chi connectivity index (χ2v) is 4.56. The molecule has 0 aromatic heterocycles. The summed E-state index contributed by atoms with van der Waals surface area (Å²) in [5.41, 5.74) is 0. The number of imide groups is 1. The molecule has 1 saturated carbocycles. The second-order valence-electron chi connectivity index (χ2n) is 4.56. The van der Waals surface area contributed by atoms with Crippen molar-refractivity contribution in [2.24, 2.45) is 5.92 Å². The molecule has 0 bridgehead atoms. The predicted molar refractivity (Wildman–Crippen MR) is 69.3 cm³/mol. The van der Waals surface area contributed by atoms with E-state index in [0.717, 1.165) is 25.7 Å². The molecule has 3 amide bonds. The Bertz CT molecular complexity index is 349. The van der Waals surface area contributed by atoms with Crippen molar-refractivity contribution in [1.29, 1.82) is 0 Å². The fraction of sp³-hybridized carbons (Fsp3) is 0.615. The highest BCUT2D eigenvalue weighted by Gasteiger charge is 2.19. The topological polar surface area (TPSA) is 84.5 Å². The number of carbonyl (C=O) groups is 3.